The van der Waals surface area contributed by atoms with Crippen LogP contribution in [-0.4, -0.2) is 59.2 Å². The largest absolute Gasteiger partial charge is 0.416 e. The molecule has 0 amide bonds. The lowest BCUT2D eigenvalue weighted by Crippen LogP contribution is -2.55. The zero-order valence-electron chi connectivity index (χ0n) is 15.1. The van der Waals surface area contributed by atoms with E-state index in [1.165, 1.54) is 12.1 Å². The van der Waals surface area contributed by atoms with Gasteiger partial charge in [-0.3, -0.25) is 4.55 Å². The van der Waals surface area contributed by atoms with Crippen molar-refractivity contribution in [1.82, 2.24) is 10.0 Å². The number of halogens is 3. The number of alkyl halides is 3. The van der Waals surface area contributed by atoms with Crippen molar-refractivity contribution >= 4 is 10.1 Å². The van der Waals surface area contributed by atoms with E-state index in [0.29, 0.717) is 38.0 Å². The Labute approximate surface area is 157 Å². The van der Waals surface area contributed by atoms with Crippen LogP contribution in [0.4, 0.5) is 13.2 Å². The molecule has 1 aliphatic rings. The van der Waals surface area contributed by atoms with Crippen molar-refractivity contribution in [3.05, 3.63) is 35.4 Å². The highest BCUT2D eigenvalue weighted by atomic mass is 32.2. The minimum Gasteiger partial charge on any atom is -0.393 e. The number of aliphatic hydroxyl groups is 1. The van der Waals surface area contributed by atoms with Crippen LogP contribution < -0.4 is 0 Å². The highest BCUT2D eigenvalue weighted by Crippen LogP contribution is 2.30. The molecule has 1 fully saturated rings. The molecule has 2 unspecified atom stereocenters. The van der Waals surface area contributed by atoms with Crippen molar-refractivity contribution in [2.24, 2.45) is 0 Å². The Bertz CT molecular complexity index is 727. The second-order valence-corrected chi connectivity index (χ2v) is 8.24. The maximum Gasteiger partial charge on any atom is 0.416 e. The minimum atomic E-state index is -4.43. The molecule has 27 heavy (non-hydrogen) atoms. The number of hydrogen-bond acceptors (Lipinski definition) is 5. The van der Waals surface area contributed by atoms with E-state index < -0.39 is 33.3 Å². The summed E-state index contributed by atoms with van der Waals surface area (Å²) in [6.45, 7) is 3.10. The predicted molar refractivity (Wildman–Crippen MR) is 94.3 cm³/mol. The highest BCUT2D eigenvalue weighted by Gasteiger charge is 2.36. The molecular formula is C17H25F3N2O4S. The smallest absolute Gasteiger partial charge is 0.393 e. The van der Waals surface area contributed by atoms with E-state index in [0.717, 1.165) is 12.1 Å². The molecule has 1 aromatic rings. The standard InChI is InChI=1S/C17H25F3N2O4S/c1-2-22-16(27(24,25)26)7-4-9-21(22)10-8-15(23)12-13-5-3-6-14(11-13)17(18,19)20/h3,5-6,11,15-16,23H,2,4,7-10,12H2,1H3,(H,24,25,26). The summed E-state index contributed by atoms with van der Waals surface area (Å²) in [6.07, 6.45) is -4.03. The lowest BCUT2D eigenvalue weighted by atomic mass is 10.0. The third-order valence-electron chi connectivity index (χ3n) is 4.68. The third kappa shape index (κ3) is 6.15. The molecule has 0 radical (unpaired) electrons. The van der Waals surface area contributed by atoms with Crippen LogP contribution in [0.5, 0.6) is 0 Å². The van der Waals surface area contributed by atoms with Gasteiger partial charge < -0.3 is 5.11 Å². The van der Waals surface area contributed by atoms with Gasteiger partial charge in [-0.15, -0.1) is 0 Å². The zero-order chi connectivity index (χ0) is 20.2. The average Bonchev–Trinajstić information content (AvgIpc) is 2.58. The van der Waals surface area contributed by atoms with E-state index in [1.807, 2.05) is 0 Å². The number of hydrazine groups is 1. The first-order valence-corrected chi connectivity index (χ1v) is 10.3. The van der Waals surface area contributed by atoms with Crippen LogP contribution in [0.1, 0.15) is 37.3 Å². The van der Waals surface area contributed by atoms with Crippen LogP contribution in [0, 0.1) is 0 Å². The number of benzene rings is 1. The Kier molecular flexibility index (Phi) is 7.26. The van der Waals surface area contributed by atoms with Crippen LogP contribution in [0.3, 0.4) is 0 Å². The Hall–Kier alpha value is -1.20. The van der Waals surface area contributed by atoms with Gasteiger partial charge in [0.2, 0.25) is 0 Å². The molecule has 0 saturated carbocycles. The van der Waals surface area contributed by atoms with Crippen molar-refractivity contribution in [2.45, 2.75) is 50.3 Å². The normalized spacial score (nSPS) is 21.3. The second-order valence-electron chi connectivity index (χ2n) is 6.67. The van der Waals surface area contributed by atoms with E-state index in [-0.39, 0.29) is 12.8 Å². The fourth-order valence-corrected chi connectivity index (χ4v) is 4.46. The first-order chi connectivity index (χ1) is 12.5. The second kappa shape index (κ2) is 8.87. The molecule has 0 bridgehead atoms. The van der Waals surface area contributed by atoms with Crippen LogP contribution in [0.15, 0.2) is 24.3 Å². The van der Waals surface area contributed by atoms with Crippen LogP contribution in [-0.2, 0) is 22.7 Å². The first kappa shape index (κ1) is 22.1. The fraction of sp³-hybridized carbons (Fsp3) is 0.647. The van der Waals surface area contributed by atoms with Gasteiger partial charge in [-0.05, 0) is 37.3 Å². The number of nitrogens with zero attached hydrogens (tertiary/aromatic N) is 2. The molecule has 2 N–H and O–H groups in total. The molecule has 6 nitrogen and oxygen atoms in total. The maximum absolute atomic E-state index is 12.8. The zero-order valence-corrected chi connectivity index (χ0v) is 15.9. The molecule has 1 saturated heterocycles. The summed E-state index contributed by atoms with van der Waals surface area (Å²) in [5.41, 5.74) is -0.365. The monoisotopic (exact) mass is 410 g/mol. The Balaban J connectivity index is 1.96. The summed E-state index contributed by atoms with van der Waals surface area (Å²) in [4.78, 5) is 0. The molecular weight excluding hydrogens is 385 g/mol. The molecule has 0 aliphatic carbocycles. The summed E-state index contributed by atoms with van der Waals surface area (Å²) >= 11 is 0. The minimum absolute atomic E-state index is 0.0750. The molecule has 154 valence electrons. The third-order valence-corrected chi connectivity index (χ3v) is 5.84. The van der Waals surface area contributed by atoms with Crippen molar-refractivity contribution in [2.75, 3.05) is 19.6 Å². The number of hydrogen-bond donors (Lipinski definition) is 2. The van der Waals surface area contributed by atoms with Crippen molar-refractivity contribution in [3.8, 4) is 0 Å². The van der Waals surface area contributed by atoms with Gasteiger partial charge in [-0.1, -0.05) is 25.1 Å². The van der Waals surface area contributed by atoms with Gasteiger partial charge in [0.25, 0.3) is 10.1 Å². The van der Waals surface area contributed by atoms with Gasteiger partial charge in [0.05, 0.1) is 11.7 Å². The quantitative estimate of drug-likeness (QED) is 0.673. The van der Waals surface area contributed by atoms with E-state index in [2.05, 4.69) is 0 Å². The molecule has 0 spiro atoms. The van der Waals surface area contributed by atoms with Gasteiger partial charge >= 0.3 is 6.18 Å². The molecule has 0 aromatic heterocycles. The lowest BCUT2D eigenvalue weighted by Gasteiger charge is -2.42. The lowest BCUT2D eigenvalue weighted by molar-refractivity contribution is -0.137. The number of rotatable bonds is 7. The Morgan fingerprint density at radius 1 is 1.33 bits per heavy atom. The molecule has 10 heteroatoms. The molecule has 2 atom stereocenters. The van der Waals surface area contributed by atoms with Crippen LogP contribution in [0.2, 0.25) is 0 Å². The summed E-state index contributed by atoms with van der Waals surface area (Å²) in [7, 11) is -4.21. The highest BCUT2D eigenvalue weighted by molar-refractivity contribution is 7.86. The van der Waals surface area contributed by atoms with Gasteiger partial charge in [0, 0.05) is 19.6 Å². The van der Waals surface area contributed by atoms with Gasteiger partial charge in [0.15, 0.2) is 5.37 Å². The summed E-state index contributed by atoms with van der Waals surface area (Å²) in [6, 6.07) is 4.85. The van der Waals surface area contributed by atoms with Crippen LogP contribution >= 0.6 is 0 Å². The molecule has 1 aliphatic heterocycles. The molecule has 1 heterocycles. The summed E-state index contributed by atoms with van der Waals surface area (Å²) < 4.78 is 70.8. The van der Waals surface area contributed by atoms with Gasteiger partial charge in [-0.2, -0.15) is 21.6 Å². The fourth-order valence-electron chi connectivity index (χ4n) is 3.40. The molecule has 1 aromatic carbocycles. The number of aliphatic hydroxyl groups excluding tert-OH is 1. The topological polar surface area (TPSA) is 81.1 Å². The SMILES string of the molecule is CCN1C(S(=O)(=O)O)CCCN1CCC(O)Cc1cccc(C(F)(F)F)c1. The van der Waals surface area contributed by atoms with Crippen LogP contribution in [0.25, 0.3) is 0 Å². The Morgan fingerprint density at radius 2 is 2.04 bits per heavy atom. The summed E-state index contributed by atoms with van der Waals surface area (Å²) in [5.74, 6) is 0. The van der Waals surface area contributed by atoms with Crippen molar-refractivity contribution in [1.29, 1.82) is 0 Å². The van der Waals surface area contributed by atoms with Gasteiger partial charge in [-0.25, -0.2) is 10.0 Å². The maximum atomic E-state index is 12.8. The van der Waals surface area contributed by atoms with Crippen molar-refractivity contribution < 1.29 is 31.2 Å². The van der Waals surface area contributed by atoms with E-state index in [4.69, 9.17) is 0 Å². The van der Waals surface area contributed by atoms with E-state index in [9.17, 15) is 31.2 Å². The van der Waals surface area contributed by atoms with Gasteiger partial charge in [0.1, 0.15) is 0 Å². The summed E-state index contributed by atoms with van der Waals surface area (Å²) in [5, 5.41) is 12.6. The first-order valence-electron chi connectivity index (χ1n) is 8.84. The molecule has 2 rings (SSSR count). The predicted octanol–water partition coefficient (Wildman–Crippen LogP) is 2.55. The van der Waals surface area contributed by atoms with E-state index in [1.54, 1.807) is 16.9 Å². The van der Waals surface area contributed by atoms with E-state index >= 15 is 0 Å². The Morgan fingerprint density at radius 3 is 2.63 bits per heavy atom. The van der Waals surface area contributed by atoms with Crippen molar-refractivity contribution in [3.63, 3.8) is 0 Å². The average molecular weight is 410 g/mol.